The molecule has 0 spiro atoms. The summed E-state index contributed by atoms with van der Waals surface area (Å²) in [6.07, 6.45) is 6.04. The van der Waals surface area contributed by atoms with Crippen LogP contribution in [0, 0.1) is 5.92 Å². The molecule has 0 aliphatic heterocycles. The van der Waals surface area contributed by atoms with Crippen molar-refractivity contribution in [3.05, 3.63) is 0 Å². The van der Waals surface area contributed by atoms with Crippen molar-refractivity contribution in [2.45, 2.75) is 50.7 Å². The summed E-state index contributed by atoms with van der Waals surface area (Å²) in [7, 11) is 3.25. The van der Waals surface area contributed by atoms with Crippen molar-refractivity contribution in [1.29, 1.82) is 0 Å². The normalized spacial score (nSPS) is 25.0. The van der Waals surface area contributed by atoms with E-state index in [0.717, 1.165) is 19.3 Å². The second-order valence-electron chi connectivity index (χ2n) is 5.44. The third-order valence-electron chi connectivity index (χ3n) is 3.88. The van der Waals surface area contributed by atoms with Crippen LogP contribution in [0.25, 0.3) is 0 Å². The Morgan fingerprint density at radius 3 is 2.58 bits per heavy atom. The minimum atomic E-state index is -0.0679. The first-order valence-electron chi connectivity index (χ1n) is 7.19. The van der Waals surface area contributed by atoms with Gasteiger partial charge in [0.1, 0.15) is 0 Å². The molecule has 1 aliphatic rings. The summed E-state index contributed by atoms with van der Waals surface area (Å²) in [4.78, 5) is 11.7. The van der Waals surface area contributed by atoms with Crippen molar-refractivity contribution < 1.29 is 14.3 Å². The molecular formula is C14H28N2O3. The monoisotopic (exact) mass is 272 g/mol. The van der Waals surface area contributed by atoms with Crippen LogP contribution in [-0.4, -0.2) is 45.4 Å². The Morgan fingerprint density at radius 2 is 2.00 bits per heavy atom. The van der Waals surface area contributed by atoms with E-state index in [0.29, 0.717) is 31.5 Å². The highest BCUT2D eigenvalue weighted by Gasteiger charge is 2.19. The smallest absolute Gasteiger partial charge is 0.220 e. The van der Waals surface area contributed by atoms with Crippen molar-refractivity contribution in [2.24, 2.45) is 11.7 Å². The number of nitrogens with two attached hydrogens (primary N) is 1. The lowest BCUT2D eigenvalue weighted by Gasteiger charge is -2.25. The van der Waals surface area contributed by atoms with Crippen LogP contribution in [0.1, 0.15) is 38.5 Å². The Hall–Kier alpha value is -0.650. The molecule has 1 fully saturated rings. The van der Waals surface area contributed by atoms with Crippen LogP contribution in [0.4, 0.5) is 0 Å². The first-order chi connectivity index (χ1) is 9.15. The van der Waals surface area contributed by atoms with Gasteiger partial charge < -0.3 is 20.5 Å². The average molecular weight is 272 g/mol. The predicted molar refractivity (Wildman–Crippen MR) is 74.9 cm³/mol. The minimum absolute atomic E-state index is 0.0679. The van der Waals surface area contributed by atoms with E-state index >= 15 is 0 Å². The number of rotatable bonds is 8. The SMILES string of the molecule is COCC(CNC(=O)CCC1CCC(N)CC1)OC. The molecule has 0 aromatic rings. The Balaban J connectivity index is 2.10. The zero-order chi connectivity index (χ0) is 14.1. The molecule has 1 amide bonds. The average Bonchev–Trinajstić information content (AvgIpc) is 2.42. The lowest BCUT2D eigenvalue weighted by atomic mass is 9.84. The number of ether oxygens (including phenoxy) is 2. The maximum absolute atomic E-state index is 11.7. The molecule has 112 valence electrons. The molecule has 0 aromatic heterocycles. The second kappa shape index (κ2) is 9.28. The highest BCUT2D eigenvalue weighted by molar-refractivity contribution is 5.75. The molecule has 1 unspecified atom stereocenters. The maximum Gasteiger partial charge on any atom is 0.220 e. The van der Waals surface area contributed by atoms with E-state index in [2.05, 4.69) is 5.32 Å². The van der Waals surface area contributed by atoms with Gasteiger partial charge in [-0.3, -0.25) is 4.79 Å². The molecule has 0 saturated heterocycles. The fourth-order valence-electron chi connectivity index (χ4n) is 2.52. The quantitative estimate of drug-likeness (QED) is 0.693. The summed E-state index contributed by atoms with van der Waals surface area (Å²) < 4.78 is 10.2. The van der Waals surface area contributed by atoms with Crippen LogP contribution in [-0.2, 0) is 14.3 Å². The molecule has 1 saturated carbocycles. The van der Waals surface area contributed by atoms with Crippen molar-refractivity contribution in [1.82, 2.24) is 5.32 Å². The van der Waals surface area contributed by atoms with Gasteiger partial charge in [0.05, 0.1) is 12.7 Å². The molecule has 5 nitrogen and oxygen atoms in total. The summed E-state index contributed by atoms with van der Waals surface area (Å²) >= 11 is 0. The summed E-state index contributed by atoms with van der Waals surface area (Å²) in [5, 5.41) is 2.90. The molecule has 1 rings (SSSR count). The minimum Gasteiger partial charge on any atom is -0.382 e. The number of methoxy groups -OCH3 is 2. The van der Waals surface area contributed by atoms with Gasteiger partial charge in [-0.15, -0.1) is 0 Å². The van der Waals surface area contributed by atoms with E-state index in [9.17, 15) is 4.79 Å². The number of hydrogen-bond donors (Lipinski definition) is 2. The Kier molecular flexibility index (Phi) is 8.02. The van der Waals surface area contributed by atoms with E-state index < -0.39 is 0 Å². The van der Waals surface area contributed by atoms with E-state index in [-0.39, 0.29) is 12.0 Å². The molecule has 1 aliphatic carbocycles. The molecule has 19 heavy (non-hydrogen) atoms. The fourth-order valence-corrected chi connectivity index (χ4v) is 2.52. The van der Waals surface area contributed by atoms with Gasteiger partial charge in [0.2, 0.25) is 5.91 Å². The molecule has 0 heterocycles. The third-order valence-corrected chi connectivity index (χ3v) is 3.88. The summed E-state index contributed by atoms with van der Waals surface area (Å²) in [6.45, 7) is 1.01. The largest absolute Gasteiger partial charge is 0.382 e. The highest BCUT2D eigenvalue weighted by atomic mass is 16.5. The van der Waals surface area contributed by atoms with Gasteiger partial charge in [0, 0.05) is 33.2 Å². The molecule has 3 N–H and O–H groups in total. The van der Waals surface area contributed by atoms with Crippen molar-refractivity contribution in [2.75, 3.05) is 27.4 Å². The van der Waals surface area contributed by atoms with Crippen LogP contribution in [0.2, 0.25) is 0 Å². The van der Waals surface area contributed by atoms with Gasteiger partial charge >= 0.3 is 0 Å². The Bertz CT molecular complexity index is 253. The second-order valence-corrected chi connectivity index (χ2v) is 5.44. The molecule has 1 atom stereocenters. The van der Waals surface area contributed by atoms with E-state index in [1.165, 1.54) is 12.8 Å². The zero-order valence-corrected chi connectivity index (χ0v) is 12.2. The molecule has 0 bridgehead atoms. The van der Waals surface area contributed by atoms with Crippen LogP contribution in [0.3, 0.4) is 0 Å². The predicted octanol–water partition coefficient (Wildman–Crippen LogP) is 1.06. The van der Waals surface area contributed by atoms with Gasteiger partial charge in [-0.1, -0.05) is 0 Å². The van der Waals surface area contributed by atoms with Gasteiger partial charge in [-0.25, -0.2) is 0 Å². The van der Waals surface area contributed by atoms with E-state index in [1.54, 1.807) is 14.2 Å². The van der Waals surface area contributed by atoms with Gasteiger partial charge in [0.25, 0.3) is 0 Å². The fraction of sp³-hybridized carbons (Fsp3) is 0.929. The van der Waals surface area contributed by atoms with Crippen molar-refractivity contribution in [3.8, 4) is 0 Å². The number of amides is 1. The lowest BCUT2D eigenvalue weighted by Crippen LogP contribution is -2.35. The number of carbonyl (C=O) groups is 1. The van der Waals surface area contributed by atoms with Gasteiger partial charge in [-0.2, -0.15) is 0 Å². The Labute approximate surface area is 116 Å². The van der Waals surface area contributed by atoms with E-state index in [1.807, 2.05) is 0 Å². The van der Waals surface area contributed by atoms with E-state index in [4.69, 9.17) is 15.2 Å². The van der Waals surface area contributed by atoms with Gasteiger partial charge in [-0.05, 0) is 38.0 Å². The number of nitrogens with one attached hydrogen (secondary N) is 1. The van der Waals surface area contributed by atoms with Crippen LogP contribution >= 0.6 is 0 Å². The first-order valence-corrected chi connectivity index (χ1v) is 7.19. The molecular weight excluding hydrogens is 244 g/mol. The van der Waals surface area contributed by atoms with Crippen LogP contribution in [0.15, 0.2) is 0 Å². The molecule has 0 radical (unpaired) electrons. The van der Waals surface area contributed by atoms with Crippen LogP contribution in [0.5, 0.6) is 0 Å². The van der Waals surface area contributed by atoms with Crippen molar-refractivity contribution >= 4 is 5.91 Å². The maximum atomic E-state index is 11.7. The molecule has 0 aromatic carbocycles. The number of hydrogen-bond acceptors (Lipinski definition) is 4. The van der Waals surface area contributed by atoms with Crippen LogP contribution < -0.4 is 11.1 Å². The lowest BCUT2D eigenvalue weighted by molar-refractivity contribution is -0.122. The first kappa shape index (κ1) is 16.4. The summed E-state index contributed by atoms with van der Waals surface area (Å²) in [5.41, 5.74) is 5.87. The highest BCUT2D eigenvalue weighted by Crippen LogP contribution is 2.26. The summed E-state index contributed by atoms with van der Waals surface area (Å²) in [5.74, 6) is 0.774. The third kappa shape index (κ3) is 6.89. The zero-order valence-electron chi connectivity index (χ0n) is 12.2. The topological polar surface area (TPSA) is 73.6 Å². The molecule has 5 heteroatoms. The number of carbonyl (C=O) groups excluding carboxylic acids is 1. The van der Waals surface area contributed by atoms with Gasteiger partial charge in [0.15, 0.2) is 0 Å². The standard InChI is InChI=1S/C14H28N2O3/c1-18-10-13(19-2)9-16-14(17)8-5-11-3-6-12(15)7-4-11/h11-13H,3-10,15H2,1-2H3,(H,16,17). The summed E-state index contributed by atoms with van der Waals surface area (Å²) in [6, 6.07) is 0.376. The Morgan fingerprint density at radius 1 is 1.32 bits per heavy atom. The van der Waals surface area contributed by atoms with Crippen molar-refractivity contribution in [3.63, 3.8) is 0 Å².